The van der Waals surface area contributed by atoms with Crippen molar-refractivity contribution in [2.45, 2.75) is 92.5 Å². The van der Waals surface area contributed by atoms with Crippen molar-refractivity contribution >= 4 is 49.4 Å². The van der Waals surface area contributed by atoms with Gasteiger partial charge in [-0.05, 0) is 131 Å². The minimum atomic E-state index is -0.497. The van der Waals surface area contributed by atoms with Gasteiger partial charge in [-0.15, -0.1) is 0 Å². The van der Waals surface area contributed by atoms with E-state index in [0.29, 0.717) is 25.2 Å². The van der Waals surface area contributed by atoms with E-state index in [1.54, 1.807) is 35.0 Å². The SMILES string of the molecule is C.COc1ccc(CN2CCc3cc(Br)ccc3C2=O)cc1.COc1ccc(CN2CCc3cc(CC(=O)OC(C)(C)C)ccc3C2=O)cc1.[CH2-]C(=O)OC(C)(C)C.[Cl][Zn+]. The molecule has 2 heterocycles. The molecule has 2 amide bonds. The molecule has 320 valence electrons. The van der Waals surface area contributed by atoms with Crippen molar-refractivity contribution in [1.82, 2.24) is 9.80 Å². The molecule has 0 unspecified atom stereocenters. The average molecular weight is 960 g/mol. The second-order valence-electron chi connectivity index (χ2n) is 15.8. The molecule has 0 spiro atoms. The van der Waals surface area contributed by atoms with Gasteiger partial charge in [0.2, 0.25) is 0 Å². The Morgan fingerprint density at radius 2 is 1.07 bits per heavy atom. The molecule has 0 aliphatic carbocycles. The molecule has 4 aromatic carbocycles. The van der Waals surface area contributed by atoms with Gasteiger partial charge in [0.15, 0.2) is 5.97 Å². The summed E-state index contributed by atoms with van der Waals surface area (Å²) in [4.78, 5) is 51.4. The Kier molecular flexibility index (Phi) is 20.8. The van der Waals surface area contributed by atoms with Gasteiger partial charge in [0.25, 0.3) is 11.8 Å². The summed E-state index contributed by atoms with van der Waals surface area (Å²) in [6, 6.07) is 27.1. The van der Waals surface area contributed by atoms with Crippen LogP contribution in [0.15, 0.2) is 89.4 Å². The second-order valence-corrected chi connectivity index (χ2v) is 16.7. The summed E-state index contributed by atoms with van der Waals surface area (Å²) in [7, 11) is 8.05. The van der Waals surface area contributed by atoms with Crippen molar-refractivity contribution in [2.75, 3.05) is 27.3 Å². The van der Waals surface area contributed by atoms with Crippen molar-refractivity contribution in [3.63, 3.8) is 0 Å². The number of hydrogen-bond donors (Lipinski definition) is 0. The number of rotatable bonds is 8. The molecule has 13 heteroatoms. The number of nitrogens with zero attached hydrogens (tertiary/aromatic N) is 2. The van der Waals surface area contributed by atoms with E-state index in [-0.39, 0.29) is 31.6 Å². The van der Waals surface area contributed by atoms with Gasteiger partial charge in [-0.2, -0.15) is 0 Å². The predicted octanol–water partition coefficient (Wildman–Crippen LogP) is 9.92. The van der Waals surface area contributed by atoms with E-state index in [0.717, 1.165) is 86.1 Å². The molecule has 0 saturated carbocycles. The van der Waals surface area contributed by atoms with Crippen LogP contribution < -0.4 is 9.47 Å². The molecule has 0 bridgehead atoms. The molecule has 6 rings (SSSR count). The molecule has 0 saturated heterocycles. The Balaban J connectivity index is 0.000000341. The van der Waals surface area contributed by atoms with Gasteiger partial charge in [0.1, 0.15) is 22.7 Å². The number of carbonyl (C=O) groups excluding carboxylic acids is 4. The first kappa shape index (κ1) is 51.8. The Labute approximate surface area is 379 Å². The zero-order valence-corrected chi connectivity index (χ0v) is 40.7. The molecular weight excluding hydrogens is 901 g/mol. The maximum absolute atomic E-state index is 12.9. The zero-order chi connectivity index (χ0) is 43.9. The first-order chi connectivity index (χ1) is 27.8. The van der Waals surface area contributed by atoms with E-state index in [2.05, 4.69) is 27.6 Å². The fourth-order valence-electron chi connectivity index (χ4n) is 6.30. The Morgan fingerprint density at radius 1 is 0.667 bits per heavy atom. The van der Waals surface area contributed by atoms with E-state index in [4.69, 9.17) is 23.9 Å². The van der Waals surface area contributed by atoms with Gasteiger partial charge in [0, 0.05) is 41.8 Å². The van der Waals surface area contributed by atoms with Crippen LogP contribution in [0.1, 0.15) is 97.5 Å². The number of amides is 2. The third-order valence-electron chi connectivity index (χ3n) is 8.83. The number of benzene rings is 4. The molecule has 0 aromatic heterocycles. The van der Waals surface area contributed by atoms with E-state index in [1.807, 2.05) is 116 Å². The van der Waals surface area contributed by atoms with Crippen molar-refractivity contribution in [3.8, 4) is 11.5 Å². The molecule has 0 N–H and O–H groups in total. The fourth-order valence-corrected chi connectivity index (χ4v) is 6.70. The monoisotopic (exact) mass is 956 g/mol. The molecule has 0 fully saturated rings. The fraction of sp³-hybridized carbons (Fsp3) is 0.383. The van der Waals surface area contributed by atoms with Crippen molar-refractivity contribution in [3.05, 3.63) is 135 Å². The summed E-state index contributed by atoms with van der Waals surface area (Å²) in [5.41, 5.74) is 5.83. The molecular formula is C47H58BrClN2O8Zn. The van der Waals surface area contributed by atoms with Gasteiger partial charge in [-0.25, -0.2) is 0 Å². The summed E-state index contributed by atoms with van der Waals surface area (Å²) in [6.45, 7) is 16.7. The summed E-state index contributed by atoms with van der Waals surface area (Å²) >= 11 is 4.30. The van der Waals surface area contributed by atoms with Crippen LogP contribution in [-0.2, 0) is 68.7 Å². The molecule has 0 radical (unpaired) electrons. The zero-order valence-electron chi connectivity index (χ0n) is 35.4. The van der Waals surface area contributed by atoms with Gasteiger partial charge in [-0.1, -0.05) is 59.8 Å². The second kappa shape index (κ2) is 24.2. The maximum atomic E-state index is 12.9. The van der Waals surface area contributed by atoms with E-state index < -0.39 is 17.2 Å². The topological polar surface area (TPSA) is 112 Å². The molecule has 10 nitrogen and oxygen atoms in total. The standard InChI is InChI=1S/C23H27NO4.C17H16BrNO2.C6H11O2.CH4.ClH.Zn/c1-23(2,3)28-21(25)14-17-7-10-20-18(13-17)11-12-24(22(20)26)15-16-5-8-19(27-4)9-6-16;1-21-15-5-2-12(3-6-15)11-19-9-8-13-10-14(18)4-7-16(13)17(19)20;1-5(7)8-6(2,3)4;;;/h5-10,13H,11-12,14-15H2,1-4H3;2-7,10H,8-9,11H2,1H3;1H2,2-4H3;1H4;1H;/q;;-1;;;+2/p-1. The number of fused-ring (bicyclic) bond motifs is 2. The van der Waals surface area contributed by atoms with Crippen LogP contribution in [0.5, 0.6) is 11.5 Å². The predicted molar refractivity (Wildman–Crippen MR) is 237 cm³/mol. The quantitative estimate of drug-likeness (QED) is 0.0976. The Hall–Kier alpha value is -4.38. The summed E-state index contributed by atoms with van der Waals surface area (Å²) < 4.78 is 21.4. The van der Waals surface area contributed by atoms with E-state index in [9.17, 15) is 19.2 Å². The number of methoxy groups -OCH3 is 2. The van der Waals surface area contributed by atoms with Crippen LogP contribution in [0.3, 0.4) is 0 Å². The number of carbonyl (C=O) groups is 4. The van der Waals surface area contributed by atoms with Gasteiger partial charge >= 0.3 is 33.0 Å². The average Bonchev–Trinajstić information content (AvgIpc) is 3.17. The summed E-state index contributed by atoms with van der Waals surface area (Å²) in [5, 5.41) is 0. The normalized spacial score (nSPS) is 12.9. The van der Waals surface area contributed by atoms with Crippen LogP contribution >= 0.6 is 25.6 Å². The van der Waals surface area contributed by atoms with Crippen molar-refractivity contribution < 1.29 is 55.4 Å². The van der Waals surface area contributed by atoms with Gasteiger partial charge in [-0.3, -0.25) is 26.1 Å². The van der Waals surface area contributed by atoms with Crippen LogP contribution in [-0.4, -0.2) is 72.1 Å². The summed E-state index contributed by atoms with van der Waals surface area (Å²) in [5.74, 6) is 1.05. The first-order valence-corrected chi connectivity index (χ1v) is 23.8. The number of ether oxygens (including phenoxy) is 4. The van der Waals surface area contributed by atoms with Crippen molar-refractivity contribution in [1.29, 1.82) is 0 Å². The number of esters is 2. The van der Waals surface area contributed by atoms with E-state index in [1.165, 1.54) is 0 Å². The Bertz CT molecular complexity index is 2030. The van der Waals surface area contributed by atoms with Gasteiger partial charge in [0.05, 0.1) is 20.6 Å². The molecule has 2 aliphatic rings. The third kappa shape index (κ3) is 16.9. The van der Waals surface area contributed by atoms with Crippen LogP contribution in [0.4, 0.5) is 0 Å². The summed E-state index contributed by atoms with van der Waals surface area (Å²) in [6.07, 6.45) is 1.89. The van der Waals surface area contributed by atoms with Gasteiger partial charge < -0.3 is 28.7 Å². The Morgan fingerprint density at radius 3 is 1.45 bits per heavy atom. The van der Waals surface area contributed by atoms with Crippen LogP contribution in [0, 0.1) is 6.92 Å². The molecule has 4 aromatic rings. The molecule has 60 heavy (non-hydrogen) atoms. The number of hydrogen-bond acceptors (Lipinski definition) is 8. The minimum absolute atomic E-state index is 0. The van der Waals surface area contributed by atoms with Crippen LogP contribution in [0.25, 0.3) is 0 Å². The van der Waals surface area contributed by atoms with Crippen molar-refractivity contribution in [2.24, 2.45) is 0 Å². The van der Waals surface area contributed by atoms with E-state index >= 15 is 0 Å². The first-order valence-electron chi connectivity index (χ1n) is 19.1. The third-order valence-corrected chi connectivity index (χ3v) is 9.32. The molecule has 2 aliphatic heterocycles. The number of halogens is 2. The molecule has 0 atom stereocenters. The van der Waals surface area contributed by atoms with Crippen LogP contribution in [0.2, 0.25) is 0 Å².